The Labute approximate surface area is 98.4 Å². The van der Waals surface area contributed by atoms with E-state index in [2.05, 4.69) is 0 Å². The van der Waals surface area contributed by atoms with Gasteiger partial charge in [0.05, 0.1) is 0 Å². The molecule has 0 amide bonds. The molecule has 0 saturated heterocycles. The van der Waals surface area contributed by atoms with Crippen molar-refractivity contribution in [3.8, 4) is 11.5 Å². The third-order valence-corrected chi connectivity index (χ3v) is 2.28. The summed E-state index contributed by atoms with van der Waals surface area (Å²) in [6.07, 6.45) is 0.795. The number of aldehydes is 1. The van der Waals surface area contributed by atoms with Crippen LogP contribution in [0.1, 0.15) is 10.4 Å². The van der Waals surface area contributed by atoms with E-state index in [4.69, 9.17) is 16.3 Å². The van der Waals surface area contributed by atoms with Gasteiger partial charge in [-0.1, -0.05) is 17.7 Å². The van der Waals surface area contributed by atoms with Gasteiger partial charge in [-0.25, -0.2) is 0 Å². The highest BCUT2D eigenvalue weighted by atomic mass is 35.5. The van der Waals surface area contributed by atoms with Gasteiger partial charge < -0.3 is 4.74 Å². The summed E-state index contributed by atoms with van der Waals surface area (Å²) in [7, 11) is 0. The highest BCUT2D eigenvalue weighted by Crippen LogP contribution is 2.23. The Bertz CT molecular complexity index is 492. The van der Waals surface area contributed by atoms with E-state index >= 15 is 0 Å². The Morgan fingerprint density at radius 2 is 1.75 bits per heavy atom. The predicted molar refractivity (Wildman–Crippen MR) is 63.4 cm³/mol. The Balaban J connectivity index is 2.17. The van der Waals surface area contributed by atoms with Crippen LogP contribution in [-0.4, -0.2) is 6.29 Å². The van der Waals surface area contributed by atoms with Crippen molar-refractivity contribution >= 4 is 17.9 Å². The highest BCUT2D eigenvalue weighted by molar-refractivity contribution is 6.30. The third-order valence-electron chi connectivity index (χ3n) is 2.05. The third kappa shape index (κ3) is 2.61. The van der Waals surface area contributed by atoms with Gasteiger partial charge in [0.2, 0.25) is 0 Å². The van der Waals surface area contributed by atoms with Crippen LogP contribution in [0.4, 0.5) is 0 Å². The van der Waals surface area contributed by atoms with E-state index in [0.29, 0.717) is 22.1 Å². The maximum atomic E-state index is 10.5. The zero-order valence-corrected chi connectivity index (χ0v) is 9.15. The van der Waals surface area contributed by atoms with E-state index in [-0.39, 0.29) is 0 Å². The van der Waals surface area contributed by atoms with Crippen molar-refractivity contribution in [1.29, 1.82) is 0 Å². The molecule has 16 heavy (non-hydrogen) atoms. The standard InChI is InChI=1S/C13H9ClO2/c14-11-2-1-3-13(8-11)16-12-6-4-10(9-15)5-7-12/h1-9H. The van der Waals surface area contributed by atoms with Gasteiger partial charge in [-0.05, 0) is 42.5 Å². The van der Waals surface area contributed by atoms with Crippen molar-refractivity contribution in [2.75, 3.05) is 0 Å². The molecule has 0 heterocycles. The zero-order valence-electron chi connectivity index (χ0n) is 8.39. The van der Waals surface area contributed by atoms with E-state index < -0.39 is 0 Å². The van der Waals surface area contributed by atoms with Crippen LogP contribution in [0.3, 0.4) is 0 Å². The molecule has 0 bridgehead atoms. The Morgan fingerprint density at radius 1 is 1.00 bits per heavy atom. The summed E-state index contributed by atoms with van der Waals surface area (Å²) in [5.74, 6) is 1.35. The first kappa shape index (κ1) is 10.7. The van der Waals surface area contributed by atoms with E-state index in [1.54, 1.807) is 36.4 Å². The molecule has 0 spiro atoms. The van der Waals surface area contributed by atoms with Crippen LogP contribution < -0.4 is 4.74 Å². The fourth-order valence-electron chi connectivity index (χ4n) is 1.28. The lowest BCUT2D eigenvalue weighted by Gasteiger charge is -2.05. The van der Waals surface area contributed by atoms with Gasteiger partial charge in [0.1, 0.15) is 17.8 Å². The Morgan fingerprint density at radius 3 is 2.38 bits per heavy atom. The topological polar surface area (TPSA) is 26.3 Å². The molecule has 2 aromatic carbocycles. The lowest BCUT2D eigenvalue weighted by atomic mass is 10.2. The van der Waals surface area contributed by atoms with Crippen LogP contribution in [0.5, 0.6) is 11.5 Å². The molecule has 80 valence electrons. The van der Waals surface area contributed by atoms with E-state index in [1.807, 2.05) is 12.1 Å². The second kappa shape index (κ2) is 4.81. The number of halogens is 1. The van der Waals surface area contributed by atoms with Crippen LogP contribution >= 0.6 is 11.6 Å². The highest BCUT2D eigenvalue weighted by Gasteiger charge is 1.98. The maximum Gasteiger partial charge on any atom is 0.150 e. The van der Waals surface area contributed by atoms with Gasteiger partial charge in [0.15, 0.2) is 0 Å². The molecule has 3 heteroatoms. The van der Waals surface area contributed by atoms with Gasteiger partial charge in [0, 0.05) is 10.6 Å². The first-order chi connectivity index (χ1) is 7.78. The summed E-state index contributed by atoms with van der Waals surface area (Å²) < 4.78 is 5.56. The second-order valence-corrected chi connectivity index (χ2v) is 3.68. The van der Waals surface area contributed by atoms with Crippen molar-refractivity contribution in [2.24, 2.45) is 0 Å². The largest absolute Gasteiger partial charge is 0.457 e. The predicted octanol–water partition coefficient (Wildman–Crippen LogP) is 3.94. The van der Waals surface area contributed by atoms with Crippen molar-refractivity contribution in [2.45, 2.75) is 0 Å². The molecule has 2 rings (SSSR count). The second-order valence-electron chi connectivity index (χ2n) is 3.25. The molecule has 0 aliphatic carbocycles. The number of hydrogen-bond donors (Lipinski definition) is 0. The SMILES string of the molecule is O=Cc1ccc(Oc2cccc(Cl)c2)cc1. The number of rotatable bonds is 3. The summed E-state index contributed by atoms with van der Waals surface area (Å²) in [5.41, 5.74) is 0.624. The summed E-state index contributed by atoms with van der Waals surface area (Å²) in [5, 5.41) is 0.627. The number of hydrogen-bond acceptors (Lipinski definition) is 2. The number of ether oxygens (including phenoxy) is 1. The monoisotopic (exact) mass is 232 g/mol. The molecule has 0 N–H and O–H groups in total. The fourth-order valence-corrected chi connectivity index (χ4v) is 1.46. The summed E-state index contributed by atoms with van der Waals surface area (Å²) in [6.45, 7) is 0. The Hall–Kier alpha value is -1.80. The molecular weight excluding hydrogens is 224 g/mol. The van der Waals surface area contributed by atoms with Gasteiger partial charge in [-0.15, -0.1) is 0 Å². The number of carbonyl (C=O) groups is 1. The molecule has 2 aromatic rings. The molecule has 0 fully saturated rings. The molecule has 0 saturated carbocycles. The van der Waals surface area contributed by atoms with Crippen LogP contribution in [0.25, 0.3) is 0 Å². The molecule has 2 nitrogen and oxygen atoms in total. The van der Waals surface area contributed by atoms with Gasteiger partial charge in [-0.2, -0.15) is 0 Å². The molecule has 0 radical (unpaired) electrons. The lowest BCUT2D eigenvalue weighted by molar-refractivity contribution is 0.112. The summed E-state index contributed by atoms with van der Waals surface area (Å²) >= 11 is 5.83. The minimum atomic E-state index is 0.624. The van der Waals surface area contributed by atoms with Gasteiger partial charge in [0.25, 0.3) is 0 Å². The van der Waals surface area contributed by atoms with Gasteiger partial charge in [-0.3, -0.25) is 4.79 Å². The minimum Gasteiger partial charge on any atom is -0.457 e. The molecular formula is C13H9ClO2. The smallest absolute Gasteiger partial charge is 0.150 e. The lowest BCUT2D eigenvalue weighted by Crippen LogP contribution is -1.85. The first-order valence-corrected chi connectivity index (χ1v) is 5.14. The Kier molecular flexibility index (Phi) is 3.22. The summed E-state index contributed by atoms with van der Waals surface area (Å²) in [6, 6.07) is 14.0. The van der Waals surface area contributed by atoms with Crippen molar-refractivity contribution in [3.05, 3.63) is 59.1 Å². The molecule has 0 aliphatic heterocycles. The van der Waals surface area contributed by atoms with Crippen molar-refractivity contribution in [3.63, 3.8) is 0 Å². The van der Waals surface area contributed by atoms with Gasteiger partial charge >= 0.3 is 0 Å². The fraction of sp³-hybridized carbons (Fsp3) is 0. The molecule has 0 unspecified atom stereocenters. The van der Waals surface area contributed by atoms with Crippen molar-refractivity contribution < 1.29 is 9.53 Å². The van der Waals surface area contributed by atoms with E-state index in [1.165, 1.54) is 0 Å². The van der Waals surface area contributed by atoms with Crippen LogP contribution in [0.2, 0.25) is 5.02 Å². The average Bonchev–Trinajstić information content (AvgIpc) is 2.30. The number of carbonyl (C=O) groups excluding carboxylic acids is 1. The van der Waals surface area contributed by atoms with Crippen LogP contribution in [0.15, 0.2) is 48.5 Å². The number of benzene rings is 2. The van der Waals surface area contributed by atoms with Crippen LogP contribution in [-0.2, 0) is 0 Å². The quantitative estimate of drug-likeness (QED) is 0.749. The normalized spacial score (nSPS) is 9.81. The minimum absolute atomic E-state index is 0.624. The molecule has 0 aromatic heterocycles. The average molecular weight is 233 g/mol. The molecule has 0 atom stereocenters. The van der Waals surface area contributed by atoms with E-state index in [9.17, 15) is 4.79 Å². The molecule has 0 aliphatic rings. The van der Waals surface area contributed by atoms with Crippen LogP contribution in [0, 0.1) is 0 Å². The van der Waals surface area contributed by atoms with E-state index in [0.717, 1.165) is 6.29 Å². The zero-order chi connectivity index (χ0) is 11.4. The van der Waals surface area contributed by atoms with Crippen molar-refractivity contribution in [1.82, 2.24) is 0 Å². The summed E-state index contributed by atoms with van der Waals surface area (Å²) in [4.78, 5) is 10.5. The first-order valence-electron chi connectivity index (χ1n) is 4.76. The maximum absolute atomic E-state index is 10.5.